The Kier molecular flexibility index (Phi) is 4.55. The second-order valence-corrected chi connectivity index (χ2v) is 5.55. The summed E-state index contributed by atoms with van der Waals surface area (Å²) in [6.45, 7) is 5.23. The summed E-state index contributed by atoms with van der Waals surface area (Å²) < 4.78 is 5.23. The van der Waals surface area contributed by atoms with Gasteiger partial charge in [-0.1, -0.05) is 30.3 Å². The van der Waals surface area contributed by atoms with E-state index < -0.39 is 6.04 Å². The molecule has 1 aliphatic heterocycles. The zero-order valence-electron chi connectivity index (χ0n) is 12.1. The van der Waals surface area contributed by atoms with Crippen LogP contribution >= 0.6 is 0 Å². The fourth-order valence-corrected chi connectivity index (χ4v) is 2.66. The Morgan fingerprint density at radius 3 is 2.45 bits per heavy atom. The molecule has 1 aromatic rings. The number of Topliss-reactive ketones (excluding diaryl/α,β-unsaturated/α-hetero) is 1. The molecule has 1 fully saturated rings. The molecule has 1 aromatic carbocycles. The summed E-state index contributed by atoms with van der Waals surface area (Å²) in [6.07, 6.45) is 0.358. The number of rotatable bonds is 4. The van der Waals surface area contributed by atoms with Crippen molar-refractivity contribution in [3.05, 3.63) is 35.9 Å². The molecule has 108 valence electrons. The normalized spacial score (nSPS) is 25.7. The van der Waals surface area contributed by atoms with E-state index in [0.29, 0.717) is 6.42 Å². The highest BCUT2D eigenvalue weighted by Crippen LogP contribution is 2.33. The number of carbonyl (C=O) groups is 2. The van der Waals surface area contributed by atoms with Crippen LogP contribution in [0.3, 0.4) is 0 Å². The Hall–Kier alpha value is -1.68. The average molecular weight is 275 g/mol. The first-order valence-corrected chi connectivity index (χ1v) is 7.01. The molecule has 0 saturated carbocycles. The van der Waals surface area contributed by atoms with E-state index in [1.807, 2.05) is 44.2 Å². The van der Waals surface area contributed by atoms with Crippen LogP contribution in [0.5, 0.6) is 0 Å². The smallest absolute Gasteiger partial charge is 0.323 e. The number of hydrogen-bond acceptors (Lipinski definition) is 4. The van der Waals surface area contributed by atoms with Gasteiger partial charge in [0.15, 0.2) is 0 Å². The van der Waals surface area contributed by atoms with Crippen molar-refractivity contribution in [2.45, 2.75) is 45.4 Å². The molecule has 0 bridgehead atoms. The average Bonchev–Trinajstić information content (AvgIpc) is 2.84. The second kappa shape index (κ2) is 6.18. The molecule has 1 heterocycles. The molecule has 2 rings (SSSR count). The summed E-state index contributed by atoms with van der Waals surface area (Å²) in [6, 6.07) is 9.25. The van der Waals surface area contributed by atoms with Gasteiger partial charge in [-0.05, 0) is 32.8 Å². The van der Waals surface area contributed by atoms with E-state index in [-0.39, 0.29) is 29.8 Å². The molecule has 1 saturated heterocycles. The van der Waals surface area contributed by atoms with E-state index in [1.54, 1.807) is 6.92 Å². The fraction of sp³-hybridized carbons (Fsp3) is 0.500. The first-order chi connectivity index (χ1) is 9.49. The molecule has 3 atom stereocenters. The highest BCUT2D eigenvalue weighted by Gasteiger charge is 2.41. The third kappa shape index (κ3) is 3.25. The van der Waals surface area contributed by atoms with Gasteiger partial charge in [0.25, 0.3) is 0 Å². The predicted molar refractivity (Wildman–Crippen MR) is 76.1 cm³/mol. The standard InChI is InChI=1S/C16H21NO3/c1-10(2)20-16(19)14-9-13(11(3)18)15(17-14)12-7-5-4-6-8-12/h4-8,10,13-15,17H,9H2,1-3H3/t13-,14+,15+/m1/s1. The SMILES string of the molecule is CC(=O)[C@H]1C[C@@H](C(=O)OC(C)C)N[C@H]1c1ccccc1. The van der Waals surface area contributed by atoms with Crippen LogP contribution in [0, 0.1) is 5.92 Å². The van der Waals surface area contributed by atoms with Crippen molar-refractivity contribution in [3.63, 3.8) is 0 Å². The monoisotopic (exact) mass is 275 g/mol. The first kappa shape index (κ1) is 14.7. The molecule has 0 amide bonds. The van der Waals surface area contributed by atoms with Gasteiger partial charge in [-0.25, -0.2) is 0 Å². The molecular formula is C16H21NO3. The summed E-state index contributed by atoms with van der Waals surface area (Å²) in [7, 11) is 0. The van der Waals surface area contributed by atoms with Crippen LogP contribution in [-0.4, -0.2) is 23.9 Å². The van der Waals surface area contributed by atoms with Crippen LogP contribution < -0.4 is 5.32 Å². The van der Waals surface area contributed by atoms with Crippen molar-refractivity contribution < 1.29 is 14.3 Å². The summed E-state index contributed by atoms with van der Waals surface area (Å²) in [5.74, 6) is -0.349. The summed E-state index contributed by atoms with van der Waals surface area (Å²) in [5.41, 5.74) is 1.03. The van der Waals surface area contributed by atoms with Crippen molar-refractivity contribution in [1.82, 2.24) is 5.32 Å². The minimum absolute atomic E-state index is 0.103. The molecule has 20 heavy (non-hydrogen) atoms. The number of ketones is 1. The lowest BCUT2D eigenvalue weighted by atomic mass is 9.90. The maximum Gasteiger partial charge on any atom is 0.323 e. The third-order valence-electron chi connectivity index (χ3n) is 3.59. The topological polar surface area (TPSA) is 55.4 Å². The van der Waals surface area contributed by atoms with Gasteiger partial charge in [0.2, 0.25) is 0 Å². The van der Waals surface area contributed by atoms with Crippen molar-refractivity contribution in [2.24, 2.45) is 5.92 Å². The zero-order chi connectivity index (χ0) is 14.7. The largest absolute Gasteiger partial charge is 0.462 e. The Morgan fingerprint density at radius 2 is 1.90 bits per heavy atom. The molecule has 0 spiro atoms. The first-order valence-electron chi connectivity index (χ1n) is 7.01. The lowest BCUT2D eigenvalue weighted by Gasteiger charge is -2.18. The molecule has 0 radical (unpaired) electrons. The van der Waals surface area contributed by atoms with Gasteiger partial charge in [-0.3, -0.25) is 14.9 Å². The van der Waals surface area contributed by atoms with Crippen molar-refractivity contribution in [3.8, 4) is 0 Å². The van der Waals surface area contributed by atoms with E-state index in [2.05, 4.69) is 5.32 Å². The van der Waals surface area contributed by atoms with E-state index >= 15 is 0 Å². The van der Waals surface area contributed by atoms with Crippen LogP contribution in [0.25, 0.3) is 0 Å². The molecule has 0 aromatic heterocycles. The molecule has 1 N–H and O–H groups in total. The van der Waals surface area contributed by atoms with Crippen LogP contribution in [0.2, 0.25) is 0 Å². The molecule has 4 nitrogen and oxygen atoms in total. The predicted octanol–water partition coefficient (Wildman–Crippen LogP) is 2.25. The van der Waals surface area contributed by atoms with E-state index in [4.69, 9.17) is 4.74 Å². The number of benzene rings is 1. The molecule has 1 aliphatic rings. The van der Waals surface area contributed by atoms with Crippen LogP contribution in [0.1, 0.15) is 38.8 Å². The molecule has 0 unspecified atom stereocenters. The maximum absolute atomic E-state index is 12.0. The summed E-state index contributed by atoms with van der Waals surface area (Å²) in [5, 5.41) is 3.25. The van der Waals surface area contributed by atoms with Crippen molar-refractivity contribution in [2.75, 3.05) is 0 Å². The Balaban J connectivity index is 2.16. The summed E-state index contributed by atoms with van der Waals surface area (Å²) >= 11 is 0. The molecule has 0 aliphatic carbocycles. The second-order valence-electron chi connectivity index (χ2n) is 5.55. The van der Waals surface area contributed by atoms with Crippen LogP contribution in [0.4, 0.5) is 0 Å². The highest BCUT2D eigenvalue weighted by molar-refractivity contribution is 5.83. The van der Waals surface area contributed by atoms with Crippen LogP contribution in [0.15, 0.2) is 30.3 Å². The lowest BCUT2D eigenvalue weighted by molar-refractivity contribution is -0.149. The molecular weight excluding hydrogens is 254 g/mol. The fourth-order valence-electron chi connectivity index (χ4n) is 2.66. The van der Waals surface area contributed by atoms with Gasteiger partial charge in [0.05, 0.1) is 6.10 Å². The number of esters is 1. The van der Waals surface area contributed by atoms with E-state index in [9.17, 15) is 9.59 Å². The van der Waals surface area contributed by atoms with E-state index in [0.717, 1.165) is 5.56 Å². The van der Waals surface area contributed by atoms with E-state index in [1.165, 1.54) is 0 Å². The summed E-state index contributed by atoms with van der Waals surface area (Å²) in [4.78, 5) is 23.8. The van der Waals surface area contributed by atoms with Crippen LogP contribution in [-0.2, 0) is 14.3 Å². The number of hydrogen-bond donors (Lipinski definition) is 1. The molecule has 4 heteroatoms. The van der Waals surface area contributed by atoms with Gasteiger partial charge in [0, 0.05) is 12.0 Å². The van der Waals surface area contributed by atoms with Crippen molar-refractivity contribution in [1.29, 1.82) is 0 Å². The maximum atomic E-state index is 12.0. The number of carbonyl (C=O) groups excluding carboxylic acids is 2. The minimum atomic E-state index is -0.406. The number of nitrogens with one attached hydrogen (secondary N) is 1. The van der Waals surface area contributed by atoms with Gasteiger partial charge < -0.3 is 4.74 Å². The highest BCUT2D eigenvalue weighted by atomic mass is 16.5. The Morgan fingerprint density at radius 1 is 1.25 bits per heavy atom. The van der Waals surface area contributed by atoms with Crippen molar-refractivity contribution >= 4 is 11.8 Å². The zero-order valence-corrected chi connectivity index (χ0v) is 12.1. The lowest BCUT2D eigenvalue weighted by Crippen LogP contribution is -2.35. The Bertz CT molecular complexity index is 484. The number of ether oxygens (including phenoxy) is 1. The van der Waals surface area contributed by atoms with Gasteiger partial charge in [0.1, 0.15) is 11.8 Å². The van der Waals surface area contributed by atoms with Gasteiger partial charge in [-0.2, -0.15) is 0 Å². The minimum Gasteiger partial charge on any atom is -0.462 e. The Labute approximate surface area is 119 Å². The van der Waals surface area contributed by atoms with Gasteiger partial charge >= 0.3 is 5.97 Å². The quantitative estimate of drug-likeness (QED) is 0.856. The third-order valence-corrected chi connectivity index (χ3v) is 3.59. The van der Waals surface area contributed by atoms with Gasteiger partial charge in [-0.15, -0.1) is 0 Å².